The summed E-state index contributed by atoms with van der Waals surface area (Å²) < 4.78 is 0. The van der Waals surface area contributed by atoms with E-state index >= 15 is 0 Å². The summed E-state index contributed by atoms with van der Waals surface area (Å²) in [5, 5.41) is 6.09. The minimum Gasteiger partial charge on any atom is -0.361 e. The first-order chi connectivity index (χ1) is 13.3. The van der Waals surface area contributed by atoms with Gasteiger partial charge in [0.25, 0.3) is 5.91 Å². The first-order valence-corrected chi connectivity index (χ1v) is 9.25. The van der Waals surface area contributed by atoms with Gasteiger partial charge in [-0.3, -0.25) is 9.78 Å². The summed E-state index contributed by atoms with van der Waals surface area (Å²) in [6.07, 6.45) is 7.91. The van der Waals surface area contributed by atoms with Gasteiger partial charge in [0.15, 0.2) is 0 Å². The van der Waals surface area contributed by atoms with Crippen molar-refractivity contribution in [3.63, 3.8) is 0 Å². The number of H-pyrrole nitrogens is 1. The quantitative estimate of drug-likeness (QED) is 0.555. The maximum absolute atomic E-state index is 12.5. The topological polar surface area (TPSA) is 57.8 Å². The molecule has 27 heavy (non-hydrogen) atoms. The molecule has 1 amide bonds. The molecule has 0 atom stereocenters. The van der Waals surface area contributed by atoms with Gasteiger partial charge >= 0.3 is 0 Å². The summed E-state index contributed by atoms with van der Waals surface area (Å²) in [5.41, 5.74) is 4.73. The second-order valence-corrected chi connectivity index (χ2v) is 6.89. The summed E-state index contributed by atoms with van der Waals surface area (Å²) in [4.78, 5) is 20.7. The molecule has 4 heteroatoms. The number of rotatable bonds is 2. The molecule has 2 aromatic carbocycles. The van der Waals surface area contributed by atoms with Crippen LogP contribution in [-0.4, -0.2) is 22.4 Å². The molecule has 1 aliphatic heterocycles. The number of aromatic nitrogens is 2. The molecule has 4 aromatic rings. The van der Waals surface area contributed by atoms with Gasteiger partial charge in [-0.25, -0.2) is 0 Å². The molecular formula is C23H19N3O. The van der Waals surface area contributed by atoms with Gasteiger partial charge in [-0.05, 0) is 35.9 Å². The molecule has 3 heterocycles. The van der Waals surface area contributed by atoms with E-state index in [1.54, 1.807) is 0 Å². The van der Waals surface area contributed by atoms with Crippen LogP contribution in [-0.2, 0) is 6.42 Å². The van der Waals surface area contributed by atoms with Crippen LogP contribution < -0.4 is 5.32 Å². The highest BCUT2D eigenvalue weighted by atomic mass is 16.1. The van der Waals surface area contributed by atoms with Crippen molar-refractivity contribution in [2.45, 2.75) is 12.8 Å². The molecule has 0 radical (unpaired) electrons. The average Bonchev–Trinajstić information content (AvgIpc) is 2.99. The molecule has 4 nitrogen and oxygen atoms in total. The standard InChI is InChI=1S/C23H19N3O/c27-23-21-18-11-9-16-14-25-17(10-8-15-5-2-1-3-6-15)13-19(16)22(18)26-20(21)7-4-12-24-23/h1-3,5-6,8-11,13-14,25H,4,7,12H2,(H,24,27)/b10-8+. The Hall–Kier alpha value is -3.40. The molecule has 0 spiro atoms. The lowest BCUT2D eigenvalue weighted by Gasteiger charge is -2.04. The highest BCUT2D eigenvalue weighted by Gasteiger charge is 2.22. The molecule has 132 valence electrons. The average molecular weight is 353 g/mol. The third-order valence-corrected chi connectivity index (χ3v) is 5.11. The van der Waals surface area contributed by atoms with E-state index < -0.39 is 0 Å². The maximum Gasteiger partial charge on any atom is 0.253 e. The third kappa shape index (κ3) is 2.79. The zero-order valence-electron chi connectivity index (χ0n) is 14.8. The highest BCUT2D eigenvalue weighted by Crippen LogP contribution is 2.31. The molecule has 2 N–H and O–H groups in total. The van der Waals surface area contributed by atoms with Crippen LogP contribution in [0.25, 0.3) is 33.8 Å². The number of benzene rings is 2. The number of pyridine rings is 1. The van der Waals surface area contributed by atoms with Gasteiger partial charge in [-0.1, -0.05) is 48.5 Å². The predicted octanol–water partition coefficient (Wildman–Crippen LogP) is 4.56. The van der Waals surface area contributed by atoms with Gasteiger partial charge in [0.2, 0.25) is 0 Å². The molecule has 0 bridgehead atoms. The van der Waals surface area contributed by atoms with E-state index in [-0.39, 0.29) is 5.91 Å². The summed E-state index contributed by atoms with van der Waals surface area (Å²) in [7, 11) is 0. The van der Waals surface area contributed by atoms with Gasteiger partial charge < -0.3 is 10.3 Å². The molecule has 1 aliphatic rings. The van der Waals surface area contributed by atoms with Crippen LogP contribution in [0.2, 0.25) is 0 Å². The Kier molecular flexibility index (Phi) is 3.75. The number of carbonyl (C=O) groups excluding carboxylic acids is 1. The van der Waals surface area contributed by atoms with Gasteiger partial charge in [0.1, 0.15) is 0 Å². The Morgan fingerprint density at radius 1 is 1.00 bits per heavy atom. The fourth-order valence-electron chi connectivity index (χ4n) is 3.75. The smallest absolute Gasteiger partial charge is 0.253 e. The Morgan fingerprint density at radius 2 is 1.89 bits per heavy atom. The number of nitrogens with one attached hydrogen (secondary N) is 2. The highest BCUT2D eigenvalue weighted by molar-refractivity contribution is 6.15. The van der Waals surface area contributed by atoms with Crippen molar-refractivity contribution >= 4 is 39.7 Å². The van der Waals surface area contributed by atoms with E-state index in [2.05, 4.69) is 46.7 Å². The van der Waals surface area contributed by atoms with Crippen LogP contribution in [0.3, 0.4) is 0 Å². The van der Waals surface area contributed by atoms with Crippen LogP contribution in [0.5, 0.6) is 0 Å². The lowest BCUT2D eigenvalue weighted by molar-refractivity contribution is 0.0957. The summed E-state index contributed by atoms with van der Waals surface area (Å²) >= 11 is 0. The van der Waals surface area contributed by atoms with E-state index in [0.29, 0.717) is 6.54 Å². The second kappa shape index (κ2) is 6.40. The SMILES string of the molecule is O=C1NCCCc2nc3c(ccc4c[nH]c(/C=C/c5ccccc5)cc43)c21. The van der Waals surface area contributed by atoms with Crippen LogP contribution >= 0.6 is 0 Å². The number of amides is 1. The molecule has 0 saturated carbocycles. The van der Waals surface area contributed by atoms with Crippen molar-refractivity contribution in [1.82, 2.24) is 15.3 Å². The Labute approximate surface area is 156 Å². The Bertz CT molecular complexity index is 1190. The van der Waals surface area contributed by atoms with E-state index in [1.807, 2.05) is 30.5 Å². The fourth-order valence-corrected chi connectivity index (χ4v) is 3.75. The molecule has 2 aromatic heterocycles. The molecule has 0 unspecified atom stereocenters. The molecule has 0 saturated heterocycles. The van der Waals surface area contributed by atoms with Crippen molar-refractivity contribution < 1.29 is 4.79 Å². The van der Waals surface area contributed by atoms with E-state index in [9.17, 15) is 4.79 Å². The number of nitrogens with zero attached hydrogens (tertiary/aromatic N) is 1. The molecule has 0 fully saturated rings. The first kappa shape index (κ1) is 15.8. The Balaban J connectivity index is 1.65. The molecule has 0 aliphatic carbocycles. The Morgan fingerprint density at radius 3 is 2.78 bits per heavy atom. The van der Waals surface area contributed by atoms with Crippen molar-refractivity contribution in [3.8, 4) is 0 Å². The van der Waals surface area contributed by atoms with Gasteiger partial charge in [0.05, 0.1) is 16.8 Å². The van der Waals surface area contributed by atoms with E-state index in [1.165, 1.54) is 0 Å². The van der Waals surface area contributed by atoms with Gasteiger partial charge in [-0.2, -0.15) is 0 Å². The summed E-state index contributed by atoms with van der Waals surface area (Å²) in [6, 6.07) is 16.4. The number of hydrogen-bond acceptors (Lipinski definition) is 2. The van der Waals surface area contributed by atoms with Crippen LogP contribution in [0.15, 0.2) is 54.7 Å². The predicted molar refractivity (Wildman–Crippen MR) is 110 cm³/mol. The minimum atomic E-state index is -0.00367. The van der Waals surface area contributed by atoms with Crippen LogP contribution in [0.1, 0.15) is 33.7 Å². The largest absolute Gasteiger partial charge is 0.361 e. The van der Waals surface area contributed by atoms with Crippen molar-refractivity contribution in [2.24, 2.45) is 0 Å². The van der Waals surface area contributed by atoms with Gasteiger partial charge in [0, 0.05) is 29.2 Å². The maximum atomic E-state index is 12.5. The lowest BCUT2D eigenvalue weighted by Crippen LogP contribution is -2.22. The monoisotopic (exact) mass is 353 g/mol. The summed E-state index contributed by atoms with van der Waals surface area (Å²) in [5.74, 6) is -0.00367. The normalized spacial score (nSPS) is 14.4. The van der Waals surface area contributed by atoms with E-state index in [4.69, 9.17) is 4.98 Å². The van der Waals surface area contributed by atoms with Crippen molar-refractivity contribution in [2.75, 3.05) is 6.54 Å². The van der Waals surface area contributed by atoms with Gasteiger partial charge in [-0.15, -0.1) is 0 Å². The van der Waals surface area contributed by atoms with Crippen LogP contribution in [0.4, 0.5) is 0 Å². The van der Waals surface area contributed by atoms with E-state index in [0.717, 1.165) is 57.0 Å². The third-order valence-electron chi connectivity index (χ3n) is 5.11. The first-order valence-electron chi connectivity index (χ1n) is 9.25. The lowest BCUT2D eigenvalue weighted by atomic mass is 10.0. The van der Waals surface area contributed by atoms with Crippen molar-refractivity contribution in [3.05, 3.63) is 77.2 Å². The molecular weight excluding hydrogens is 334 g/mol. The number of aromatic amines is 1. The fraction of sp³-hybridized carbons (Fsp3) is 0.130. The number of fused-ring (bicyclic) bond motifs is 5. The number of hydrogen-bond donors (Lipinski definition) is 2. The zero-order valence-corrected chi connectivity index (χ0v) is 14.8. The second-order valence-electron chi connectivity index (χ2n) is 6.89. The van der Waals surface area contributed by atoms with Crippen LogP contribution in [0, 0.1) is 0 Å². The minimum absolute atomic E-state index is 0.00367. The number of carbonyl (C=O) groups is 1. The molecule has 5 rings (SSSR count). The zero-order chi connectivity index (χ0) is 18.2. The van der Waals surface area contributed by atoms with Crippen molar-refractivity contribution in [1.29, 1.82) is 0 Å². The number of aryl methyl sites for hydroxylation is 1. The summed E-state index contributed by atoms with van der Waals surface area (Å²) in [6.45, 7) is 0.716.